The second kappa shape index (κ2) is 3.52. The van der Waals surface area contributed by atoms with E-state index < -0.39 is 0 Å². The molecule has 1 aromatic carbocycles. The van der Waals surface area contributed by atoms with E-state index in [0.29, 0.717) is 5.02 Å². The van der Waals surface area contributed by atoms with Gasteiger partial charge in [0.25, 0.3) is 0 Å². The normalized spacial score (nSPS) is 31.3. The van der Waals surface area contributed by atoms with Gasteiger partial charge in [0.05, 0.1) is 6.10 Å². The van der Waals surface area contributed by atoms with E-state index in [9.17, 15) is 9.50 Å². The Morgan fingerprint density at radius 2 is 2.21 bits per heavy atom. The largest absolute Gasteiger partial charge is 0.393 e. The molecule has 0 aliphatic heterocycles. The standard InChI is InChI=1S/C11H12ClFO/c1-6-9(5-11(6)14)8-3-2-7(13)4-10(8)12/h2-4,6,9,11,14H,5H2,1H3. The summed E-state index contributed by atoms with van der Waals surface area (Å²) in [4.78, 5) is 0. The Labute approximate surface area is 87.5 Å². The lowest BCUT2D eigenvalue weighted by Crippen LogP contribution is -2.37. The summed E-state index contributed by atoms with van der Waals surface area (Å²) in [5.74, 6) is 0.183. The summed E-state index contributed by atoms with van der Waals surface area (Å²) in [5, 5.41) is 9.84. The molecule has 0 aromatic heterocycles. The van der Waals surface area contributed by atoms with Gasteiger partial charge in [0.1, 0.15) is 5.82 Å². The van der Waals surface area contributed by atoms with Crippen molar-refractivity contribution < 1.29 is 9.50 Å². The average Bonchev–Trinajstić information content (AvgIpc) is 2.15. The SMILES string of the molecule is CC1C(O)CC1c1ccc(F)cc1Cl. The molecule has 0 amide bonds. The molecule has 14 heavy (non-hydrogen) atoms. The zero-order valence-corrected chi connectivity index (χ0v) is 8.63. The van der Waals surface area contributed by atoms with Crippen LogP contribution < -0.4 is 0 Å². The van der Waals surface area contributed by atoms with Gasteiger partial charge in [-0.3, -0.25) is 0 Å². The van der Waals surface area contributed by atoms with Crippen molar-refractivity contribution in [3.63, 3.8) is 0 Å². The van der Waals surface area contributed by atoms with Crippen molar-refractivity contribution >= 4 is 11.6 Å². The number of halogens is 2. The van der Waals surface area contributed by atoms with E-state index >= 15 is 0 Å². The molecule has 2 rings (SSSR count). The van der Waals surface area contributed by atoms with Crippen LogP contribution in [0.2, 0.25) is 5.02 Å². The van der Waals surface area contributed by atoms with E-state index in [-0.39, 0.29) is 23.8 Å². The van der Waals surface area contributed by atoms with Crippen molar-refractivity contribution in [3.8, 4) is 0 Å². The van der Waals surface area contributed by atoms with Crippen LogP contribution in [0.3, 0.4) is 0 Å². The highest BCUT2D eigenvalue weighted by atomic mass is 35.5. The van der Waals surface area contributed by atoms with Crippen molar-refractivity contribution in [1.29, 1.82) is 0 Å². The van der Waals surface area contributed by atoms with Crippen LogP contribution in [0.15, 0.2) is 18.2 Å². The highest BCUT2D eigenvalue weighted by Gasteiger charge is 2.38. The number of hydrogen-bond donors (Lipinski definition) is 1. The van der Waals surface area contributed by atoms with Crippen molar-refractivity contribution in [2.75, 3.05) is 0 Å². The Bertz CT molecular complexity index is 353. The summed E-state index contributed by atoms with van der Waals surface area (Å²) >= 11 is 5.93. The first-order valence-corrected chi connectivity index (χ1v) is 5.10. The number of aliphatic hydroxyl groups excluding tert-OH is 1. The summed E-state index contributed by atoms with van der Waals surface area (Å²) < 4.78 is 12.8. The third kappa shape index (κ3) is 1.53. The van der Waals surface area contributed by atoms with E-state index in [4.69, 9.17) is 11.6 Å². The molecule has 0 heterocycles. The molecule has 1 saturated carbocycles. The lowest BCUT2D eigenvalue weighted by atomic mass is 9.69. The van der Waals surface area contributed by atoms with Gasteiger partial charge in [-0.15, -0.1) is 0 Å². The maximum atomic E-state index is 12.8. The molecule has 1 aliphatic rings. The second-order valence-corrected chi connectivity index (χ2v) is 4.34. The molecule has 1 aliphatic carbocycles. The maximum Gasteiger partial charge on any atom is 0.124 e. The third-order valence-electron chi connectivity index (χ3n) is 3.10. The van der Waals surface area contributed by atoms with Crippen LogP contribution in [0, 0.1) is 11.7 Å². The fourth-order valence-electron chi connectivity index (χ4n) is 1.97. The Kier molecular flexibility index (Phi) is 2.50. The number of rotatable bonds is 1. The molecule has 0 spiro atoms. The van der Waals surface area contributed by atoms with Crippen LogP contribution in [-0.4, -0.2) is 11.2 Å². The summed E-state index contributed by atoms with van der Waals surface area (Å²) in [6.45, 7) is 1.98. The van der Waals surface area contributed by atoms with Crippen LogP contribution in [0.1, 0.15) is 24.8 Å². The number of benzene rings is 1. The fraction of sp³-hybridized carbons (Fsp3) is 0.455. The van der Waals surface area contributed by atoms with E-state index in [1.54, 1.807) is 6.07 Å². The molecule has 1 N–H and O–H groups in total. The molecule has 3 unspecified atom stereocenters. The highest BCUT2D eigenvalue weighted by molar-refractivity contribution is 6.31. The molecule has 0 saturated heterocycles. The summed E-state index contributed by atoms with van der Waals surface area (Å²) in [6, 6.07) is 4.46. The van der Waals surface area contributed by atoms with E-state index in [0.717, 1.165) is 12.0 Å². The lowest BCUT2D eigenvalue weighted by Gasteiger charge is -2.40. The molecular weight excluding hydrogens is 203 g/mol. The second-order valence-electron chi connectivity index (χ2n) is 3.93. The predicted octanol–water partition coefficient (Wildman–Crippen LogP) is 2.96. The van der Waals surface area contributed by atoms with Crippen LogP contribution in [0.5, 0.6) is 0 Å². The minimum absolute atomic E-state index is 0.220. The molecule has 0 radical (unpaired) electrons. The molecule has 3 heteroatoms. The molecule has 1 fully saturated rings. The Morgan fingerprint density at radius 3 is 2.71 bits per heavy atom. The van der Waals surface area contributed by atoms with Crippen molar-refractivity contribution in [3.05, 3.63) is 34.6 Å². The van der Waals surface area contributed by atoms with Crippen LogP contribution in [0.4, 0.5) is 4.39 Å². The smallest absolute Gasteiger partial charge is 0.124 e. The monoisotopic (exact) mass is 214 g/mol. The van der Waals surface area contributed by atoms with Gasteiger partial charge in [0.15, 0.2) is 0 Å². The van der Waals surface area contributed by atoms with Gasteiger partial charge >= 0.3 is 0 Å². The maximum absolute atomic E-state index is 12.8. The van der Waals surface area contributed by atoms with Crippen molar-refractivity contribution in [2.45, 2.75) is 25.4 Å². The molecule has 76 valence electrons. The molecule has 1 aromatic rings. The molecular formula is C11H12ClFO. The molecule has 1 nitrogen and oxygen atoms in total. The first kappa shape index (κ1) is 9.94. The first-order chi connectivity index (χ1) is 6.59. The average molecular weight is 215 g/mol. The minimum Gasteiger partial charge on any atom is -0.393 e. The summed E-state index contributed by atoms with van der Waals surface area (Å²) in [6.07, 6.45) is 0.494. The topological polar surface area (TPSA) is 20.2 Å². The zero-order valence-electron chi connectivity index (χ0n) is 7.87. The van der Waals surface area contributed by atoms with Gasteiger partial charge in [-0.25, -0.2) is 4.39 Å². The predicted molar refractivity (Wildman–Crippen MR) is 53.9 cm³/mol. The van der Waals surface area contributed by atoms with Gasteiger partial charge in [-0.2, -0.15) is 0 Å². The van der Waals surface area contributed by atoms with Crippen molar-refractivity contribution in [2.24, 2.45) is 5.92 Å². The van der Waals surface area contributed by atoms with Gasteiger partial charge in [-0.1, -0.05) is 24.6 Å². The highest BCUT2D eigenvalue weighted by Crippen LogP contribution is 2.44. The number of hydrogen-bond acceptors (Lipinski definition) is 1. The Balaban J connectivity index is 2.25. The van der Waals surface area contributed by atoms with Crippen LogP contribution in [-0.2, 0) is 0 Å². The first-order valence-electron chi connectivity index (χ1n) is 4.72. The van der Waals surface area contributed by atoms with Crippen LogP contribution in [0.25, 0.3) is 0 Å². The van der Waals surface area contributed by atoms with Crippen molar-refractivity contribution in [1.82, 2.24) is 0 Å². The number of aliphatic hydroxyl groups is 1. The van der Waals surface area contributed by atoms with Gasteiger partial charge in [0.2, 0.25) is 0 Å². The minimum atomic E-state index is -0.314. The molecule has 0 bridgehead atoms. The Morgan fingerprint density at radius 1 is 1.50 bits per heavy atom. The summed E-state index contributed by atoms with van der Waals surface area (Å²) in [5.41, 5.74) is 0.950. The third-order valence-corrected chi connectivity index (χ3v) is 3.43. The molecule has 3 atom stereocenters. The van der Waals surface area contributed by atoms with E-state index in [1.165, 1.54) is 12.1 Å². The zero-order chi connectivity index (χ0) is 10.3. The quantitative estimate of drug-likeness (QED) is 0.762. The van der Waals surface area contributed by atoms with Crippen LogP contribution >= 0.6 is 11.6 Å². The fourth-order valence-corrected chi connectivity index (χ4v) is 2.28. The summed E-state index contributed by atoms with van der Waals surface area (Å²) in [7, 11) is 0. The Hall–Kier alpha value is -0.600. The van der Waals surface area contributed by atoms with E-state index in [1.807, 2.05) is 6.92 Å². The van der Waals surface area contributed by atoms with Gasteiger partial charge in [0, 0.05) is 5.02 Å². The van der Waals surface area contributed by atoms with E-state index in [2.05, 4.69) is 0 Å². The van der Waals surface area contributed by atoms with Gasteiger partial charge < -0.3 is 5.11 Å². The van der Waals surface area contributed by atoms with Gasteiger partial charge in [-0.05, 0) is 36.0 Å². The lowest BCUT2D eigenvalue weighted by molar-refractivity contribution is 0.0117.